The van der Waals surface area contributed by atoms with Gasteiger partial charge in [0.2, 0.25) is 5.91 Å². The molecule has 1 unspecified atom stereocenters. The molecular weight excluding hydrogens is 374 g/mol. The van der Waals surface area contributed by atoms with E-state index in [0.29, 0.717) is 16.8 Å². The highest BCUT2D eigenvalue weighted by molar-refractivity contribution is 6.03. The molecule has 8 heteroatoms. The van der Waals surface area contributed by atoms with Crippen LogP contribution in [0.3, 0.4) is 0 Å². The van der Waals surface area contributed by atoms with Gasteiger partial charge in [-0.3, -0.25) is 14.9 Å². The molecule has 1 aliphatic carbocycles. The summed E-state index contributed by atoms with van der Waals surface area (Å²) in [5, 5.41) is 5.31. The Bertz CT molecular complexity index is 789. The molecule has 1 saturated carbocycles. The molecule has 29 heavy (non-hydrogen) atoms. The predicted octanol–water partition coefficient (Wildman–Crippen LogP) is 2.62. The minimum atomic E-state index is -0.743. The fourth-order valence-corrected chi connectivity index (χ4v) is 4.02. The first-order chi connectivity index (χ1) is 14.0. The number of amides is 3. The molecule has 1 atom stereocenters. The molecule has 1 fully saturated rings. The lowest BCUT2D eigenvalue weighted by molar-refractivity contribution is -0.125. The van der Waals surface area contributed by atoms with Gasteiger partial charge in [0.25, 0.3) is 5.91 Å². The maximum atomic E-state index is 12.9. The Kier molecular flexibility index (Phi) is 6.85. The summed E-state index contributed by atoms with van der Waals surface area (Å²) in [7, 11) is 1.50. The van der Waals surface area contributed by atoms with E-state index in [4.69, 9.17) is 4.74 Å². The Hall–Kier alpha value is -2.90. The van der Waals surface area contributed by atoms with Crippen LogP contribution in [0, 0.1) is 0 Å². The number of rotatable bonds is 7. The Morgan fingerprint density at radius 2 is 2.03 bits per heavy atom. The molecule has 2 aliphatic rings. The van der Waals surface area contributed by atoms with E-state index in [-0.39, 0.29) is 37.3 Å². The number of hydrogen-bond acceptors (Lipinski definition) is 5. The normalized spacial score (nSPS) is 17.4. The average molecular weight is 401 g/mol. The number of carbonyl (C=O) groups is 4. The highest BCUT2D eigenvalue weighted by atomic mass is 16.6. The summed E-state index contributed by atoms with van der Waals surface area (Å²) in [6.45, 7) is 0.186. The first kappa shape index (κ1) is 20.8. The van der Waals surface area contributed by atoms with Crippen LogP contribution in [0.4, 0.5) is 10.5 Å². The Morgan fingerprint density at radius 3 is 2.72 bits per heavy atom. The standard InChI is InChI=1S/C21H27N3O5/c1-22-19(26)18(11-6-12-25)24-13-16-15(20(24)27)9-5-10-17(16)23-21(28)29-14-7-3-2-4-8-14/h5,9-10,12,14,18H,2-4,6-8,11,13H2,1H3,(H,22,26)(H,23,28). The second-order valence-corrected chi connectivity index (χ2v) is 7.43. The van der Waals surface area contributed by atoms with E-state index >= 15 is 0 Å². The molecule has 1 aromatic carbocycles. The van der Waals surface area contributed by atoms with Gasteiger partial charge in [-0.1, -0.05) is 12.5 Å². The number of ether oxygens (including phenoxy) is 1. The maximum Gasteiger partial charge on any atom is 0.411 e. The van der Waals surface area contributed by atoms with Crippen LogP contribution >= 0.6 is 0 Å². The molecule has 3 rings (SSSR count). The highest BCUT2D eigenvalue weighted by Crippen LogP contribution is 2.32. The number of nitrogens with one attached hydrogen (secondary N) is 2. The predicted molar refractivity (Wildman–Crippen MR) is 106 cm³/mol. The van der Waals surface area contributed by atoms with Crippen molar-refractivity contribution in [3.63, 3.8) is 0 Å². The summed E-state index contributed by atoms with van der Waals surface area (Å²) >= 11 is 0. The minimum absolute atomic E-state index is 0.0698. The van der Waals surface area contributed by atoms with E-state index < -0.39 is 12.1 Å². The van der Waals surface area contributed by atoms with Crippen molar-refractivity contribution in [2.24, 2.45) is 0 Å². The maximum absolute atomic E-state index is 12.9. The van der Waals surface area contributed by atoms with Gasteiger partial charge in [-0.15, -0.1) is 0 Å². The monoisotopic (exact) mass is 401 g/mol. The zero-order valence-electron chi connectivity index (χ0n) is 16.6. The number of nitrogens with zero attached hydrogens (tertiary/aromatic N) is 1. The van der Waals surface area contributed by atoms with Crippen molar-refractivity contribution in [2.45, 2.75) is 63.6 Å². The van der Waals surface area contributed by atoms with Gasteiger partial charge in [0, 0.05) is 36.8 Å². The molecule has 1 heterocycles. The first-order valence-electron chi connectivity index (χ1n) is 10.1. The van der Waals surface area contributed by atoms with E-state index in [2.05, 4.69) is 10.6 Å². The third-order valence-electron chi connectivity index (χ3n) is 5.54. The number of fused-ring (bicyclic) bond motifs is 1. The third kappa shape index (κ3) is 4.75. The van der Waals surface area contributed by atoms with Crippen LogP contribution in [0.25, 0.3) is 0 Å². The molecule has 0 spiro atoms. The molecule has 1 aromatic rings. The van der Waals surface area contributed by atoms with E-state index in [1.54, 1.807) is 18.2 Å². The SMILES string of the molecule is CNC(=O)C(CCC=O)N1Cc2c(NC(=O)OC3CCCCC3)cccc2C1=O. The van der Waals surface area contributed by atoms with Gasteiger partial charge in [-0.25, -0.2) is 4.79 Å². The number of likely N-dealkylation sites (N-methyl/N-ethyl adjacent to an activating group) is 1. The van der Waals surface area contributed by atoms with Gasteiger partial charge in [0.1, 0.15) is 18.4 Å². The number of anilines is 1. The Balaban J connectivity index is 1.74. The van der Waals surface area contributed by atoms with Crippen molar-refractivity contribution in [3.05, 3.63) is 29.3 Å². The lowest BCUT2D eigenvalue weighted by Crippen LogP contribution is -2.46. The Labute approximate surface area is 170 Å². The number of aldehydes is 1. The summed E-state index contributed by atoms with van der Waals surface area (Å²) in [5.41, 5.74) is 1.60. The average Bonchev–Trinajstić information content (AvgIpc) is 3.06. The molecule has 3 amide bonds. The molecule has 8 nitrogen and oxygen atoms in total. The third-order valence-corrected chi connectivity index (χ3v) is 5.54. The van der Waals surface area contributed by atoms with Gasteiger partial charge in [-0.05, 0) is 44.2 Å². The number of benzene rings is 1. The molecule has 2 N–H and O–H groups in total. The first-order valence-corrected chi connectivity index (χ1v) is 10.1. The summed E-state index contributed by atoms with van der Waals surface area (Å²) < 4.78 is 5.51. The van der Waals surface area contributed by atoms with Gasteiger partial charge in [0.15, 0.2) is 0 Å². The Morgan fingerprint density at radius 1 is 1.28 bits per heavy atom. The number of hydrogen-bond donors (Lipinski definition) is 2. The quantitative estimate of drug-likeness (QED) is 0.684. The second-order valence-electron chi connectivity index (χ2n) is 7.43. The van der Waals surface area contributed by atoms with Crippen molar-refractivity contribution in [1.29, 1.82) is 0 Å². The zero-order chi connectivity index (χ0) is 20.8. The van der Waals surface area contributed by atoms with Crippen molar-refractivity contribution >= 4 is 29.9 Å². The molecule has 1 aliphatic heterocycles. The second kappa shape index (κ2) is 9.54. The van der Waals surface area contributed by atoms with Crippen molar-refractivity contribution in [1.82, 2.24) is 10.2 Å². The molecule has 0 radical (unpaired) electrons. The minimum Gasteiger partial charge on any atom is -0.446 e. The van der Waals surface area contributed by atoms with Crippen molar-refractivity contribution in [2.75, 3.05) is 12.4 Å². The summed E-state index contributed by atoms with van der Waals surface area (Å²) in [6.07, 6.45) is 5.59. The lowest BCUT2D eigenvalue weighted by Gasteiger charge is -2.26. The largest absolute Gasteiger partial charge is 0.446 e. The summed E-state index contributed by atoms with van der Waals surface area (Å²) in [4.78, 5) is 49.7. The van der Waals surface area contributed by atoms with Crippen LogP contribution in [-0.2, 0) is 20.9 Å². The highest BCUT2D eigenvalue weighted by Gasteiger charge is 2.37. The van der Waals surface area contributed by atoms with E-state index in [0.717, 1.165) is 32.0 Å². The molecule has 0 aromatic heterocycles. The summed E-state index contributed by atoms with van der Waals surface area (Å²) in [6, 6.07) is 4.34. The topological polar surface area (TPSA) is 105 Å². The summed E-state index contributed by atoms with van der Waals surface area (Å²) in [5.74, 6) is -0.608. The van der Waals surface area contributed by atoms with Crippen molar-refractivity contribution in [3.8, 4) is 0 Å². The van der Waals surface area contributed by atoms with Crippen LogP contribution in [0.2, 0.25) is 0 Å². The van der Waals surface area contributed by atoms with Crippen molar-refractivity contribution < 1.29 is 23.9 Å². The number of carbonyl (C=O) groups excluding carboxylic acids is 4. The van der Waals surface area contributed by atoms with Gasteiger partial charge >= 0.3 is 6.09 Å². The van der Waals surface area contributed by atoms with Gasteiger partial charge < -0.3 is 19.7 Å². The molecular formula is C21H27N3O5. The van der Waals surface area contributed by atoms with E-state index in [9.17, 15) is 19.2 Å². The van der Waals surface area contributed by atoms with Crippen LogP contribution in [0.1, 0.15) is 60.9 Å². The smallest absolute Gasteiger partial charge is 0.411 e. The zero-order valence-corrected chi connectivity index (χ0v) is 16.6. The molecule has 0 saturated heterocycles. The van der Waals surface area contributed by atoms with Crippen LogP contribution < -0.4 is 10.6 Å². The van der Waals surface area contributed by atoms with Crippen LogP contribution in [-0.4, -0.2) is 48.3 Å². The molecule has 0 bridgehead atoms. The van der Waals surface area contributed by atoms with E-state index in [1.807, 2.05) is 0 Å². The molecule has 156 valence electrons. The fourth-order valence-electron chi connectivity index (χ4n) is 4.02. The van der Waals surface area contributed by atoms with E-state index in [1.165, 1.54) is 18.4 Å². The fraction of sp³-hybridized carbons (Fsp3) is 0.524. The van der Waals surface area contributed by atoms with Crippen LogP contribution in [0.15, 0.2) is 18.2 Å². The van der Waals surface area contributed by atoms with Gasteiger partial charge in [0.05, 0.1) is 0 Å². The lowest BCUT2D eigenvalue weighted by atomic mass is 9.98. The van der Waals surface area contributed by atoms with Crippen LogP contribution in [0.5, 0.6) is 0 Å². The van der Waals surface area contributed by atoms with Gasteiger partial charge in [-0.2, -0.15) is 0 Å².